The zero-order valence-electron chi connectivity index (χ0n) is 6.40. The minimum Gasteiger partial charge on any atom is -0.390 e. The second-order valence-corrected chi connectivity index (χ2v) is 3.81. The maximum atomic E-state index is 12.9. The molecule has 1 aromatic carbocycles. The molecule has 0 unspecified atom stereocenters. The molecule has 1 aromatic rings. The molecule has 0 radical (unpaired) electrons. The third-order valence-electron chi connectivity index (χ3n) is 1.52. The van der Waals surface area contributed by atoms with Crippen LogP contribution in [0.2, 0.25) is 5.02 Å². The summed E-state index contributed by atoms with van der Waals surface area (Å²) >= 11 is 8.66. The van der Waals surface area contributed by atoms with Crippen molar-refractivity contribution in [1.29, 1.82) is 0 Å². The van der Waals surface area contributed by atoms with Gasteiger partial charge in [-0.25, -0.2) is 0 Å². The van der Waals surface area contributed by atoms with E-state index in [2.05, 4.69) is 15.9 Å². The van der Waals surface area contributed by atoms with Gasteiger partial charge in [0.05, 0.1) is 5.02 Å². The van der Waals surface area contributed by atoms with Gasteiger partial charge < -0.3 is 5.11 Å². The summed E-state index contributed by atoms with van der Waals surface area (Å²) in [5.74, 6) is -3.28. The van der Waals surface area contributed by atoms with E-state index in [4.69, 9.17) is 16.7 Å². The molecule has 0 amide bonds. The predicted molar refractivity (Wildman–Crippen MR) is 50.1 cm³/mol. The molecule has 0 aliphatic heterocycles. The van der Waals surface area contributed by atoms with Crippen LogP contribution in [0.15, 0.2) is 22.7 Å². The molecule has 0 spiro atoms. The van der Waals surface area contributed by atoms with Crippen LogP contribution in [0.25, 0.3) is 0 Å². The molecule has 1 nitrogen and oxygen atoms in total. The van der Waals surface area contributed by atoms with Crippen molar-refractivity contribution in [2.24, 2.45) is 0 Å². The quantitative estimate of drug-likeness (QED) is 0.876. The lowest BCUT2D eigenvalue weighted by Crippen LogP contribution is -2.18. The van der Waals surface area contributed by atoms with Gasteiger partial charge in [-0.1, -0.05) is 33.6 Å². The SMILES string of the molecule is OCC(F)(F)c1ccc(Br)cc1Cl. The lowest BCUT2D eigenvalue weighted by atomic mass is 10.1. The van der Waals surface area contributed by atoms with Gasteiger partial charge in [-0.2, -0.15) is 8.78 Å². The highest BCUT2D eigenvalue weighted by Gasteiger charge is 2.32. The van der Waals surface area contributed by atoms with E-state index in [0.29, 0.717) is 4.47 Å². The number of alkyl halides is 2. The number of hydrogen-bond acceptors (Lipinski definition) is 1. The number of rotatable bonds is 2. The predicted octanol–water partition coefficient (Wildman–Crippen LogP) is 3.19. The van der Waals surface area contributed by atoms with E-state index in [1.807, 2.05) is 0 Å². The fraction of sp³-hybridized carbons (Fsp3) is 0.250. The van der Waals surface area contributed by atoms with Crippen molar-refractivity contribution in [2.45, 2.75) is 5.92 Å². The molecule has 1 N–H and O–H groups in total. The normalized spacial score (nSPS) is 11.8. The molecule has 0 aromatic heterocycles. The van der Waals surface area contributed by atoms with Crippen molar-refractivity contribution >= 4 is 27.5 Å². The van der Waals surface area contributed by atoms with Crippen LogP contribution in [0.3, 0.4) is 0 Å². The van der Waals surface area contributed by atoms with Crippen molar-refractivity contribution < 1.29 is 13.9 Å². The Bertz CT molecular complexity index is 317. The first-order valence-electron chi connectivity index (χ1n) is 3.41. The van der Waals surface area contributed by atoms with E-state index in [-0.39, 0.29) is 10.6 Å². The topological polar surface area (TPSA) is 20.2 Å². The standard InChI is InChI=1S/C8H6BrClF2O/c9-5-1-2-6(7(10)3-5)8(11,12)4-13/h1-3,13H,4H2. The zero-order valence-corrected chi connectivity index (χ0v) is 8.74. The molecule has 0 aliphatic rings. The van der Waals surface area contributed by atoms with Crippen molar-refractivity contribution in [3.05, 3.63) is 33.3 Å². The summed E-state index contributed by atoms with van der Waals surface area (Å²) < 4.78 is 26.5. The Balaban J connectivity index is 3.16. The fourth-order valence-electron chi connectivity index (χ4n) is 0.871. The Morgan fingerprint density at radius 1 is 1.46 bits per heavy atom. The van der Waals surface area contributed by atoms with Crippen LogP contribution in [0.4, 0.5) is 8.78 Å². The number of benzene rings is 1. The van der Waals surface area contributed by atoms with E-state index in [1.54, 1.807) is 0 Å². The number of hydrogen-bond donors (Lipinski definition) is 1. The maximum Gasteiger partial charge on any atom is 0.297 e. The Hall–Kier alpha value is -0.190. The van der Waals surface area contributed by atoms with Crippen LogP contribution in [-0.4, -0.2) is 11.7 Å². The van der Waals surface area contributed by atoms with Crippen molar-refractivity contribution in [2.75, 3.05) is 6.61 Å². The Morgan fingerprint density at radius 2 is 2.08 bits per heavy atom. The molecular weight excluding hydrogens is 265 g/mol. The third-order valence-corrected chi connectivity index (χ3v) is 2.33. The minimum atomic E-state index is -3.28. The van der Waals surface area contributed by atoms with E-state index in [1.165, 1.54) is 18.2 Å². The van der Waals surface area contributed by atoms with Crippen molar-refractivity contribution in [3.63, 3.8) is 0 Å². The average molecular weight is 271 g/mol. The van der Waals surface area contributed by atoms with Gasteiger partial charge in [-0.15, -0.1) is 0 Å². The largest absolute Gasteiger partial charge is 0.390 e. The fourth-order valence-corrected chi connectivity index (χ4v) is 1.68. The summed E-state index contributed by atoms with van der Waals surface area (Å²) in [6.07, 6.45) is 0. The third kappa shape index (κ3) is 2.39. The highest BCUT2D eigenvalue weighted by molar-refractivity contribution is 9.10. The Labute approximate surface area is 87.5 Å². The van der Waals surface area contributed by atoms with Gasteiger partial charge in [0.1, 0.15) is 6.61 Å². The van der Waals surface area contributed by atoms with Crippen LogP contribution >= 0.6 is 27.5 Å². The molecule has 5 heteroatoms. The summed E-state index contributed by atoms with van der Waals surface area (Å²) in [4.78, 5) is 0. The second kappa shape index (κ2) is 3.90. The molecule has 0 atom stereocenters. The summed E-state index contributed by atoms with van der Waals surface area (Å²) in [5, 5.41) is 8.36. The first-order chi connectivity index (χ1) is 5.97. The summed E-state index contributed by atoms with van der Waals surface area (Å²) in [6, 6.07) is 3.99. The van der Waals surface area contributed by atoms with E-state index in [9.17, 15) is 8.78 Å². The molecule has 0 bridgehead atoms. The molecule has 0 fully saturated rings. The lowest BCUT2D eigenvalue weighted by Gasteiger charge is -2.14. The molecule has 0 saturated carbocycles. The van der Waals surface area contributed by atoms with Crippen LogP contribution in [0, 0.1) is 0 Å². The molecule has 0 saturated heterocycles. The Kier molecular flexibility index (Phi) is 3.27. The summed E-state index contributed by atoms with van der Waals surface area (Å²) in [6.45, 7) is -1.24. The average Bonchev–Trinajstić information content (AvgIpc) is 2.03. The van der Waals surface area contributed by atoms with Gasteiger partial charge in [-0.3, -0.25) is 0 Å². The monoisotopic (exact) mass is 270 g/mol. The van der Waals surface area contributed by atoms with Gasteiger partial charge in [0.25, 0.3) is 5.92 Å². The molecule has 72 valence electrons. The van der Waals surface area contributed by atoms with Gasteiger partial charge in [0, 0.05) is 10.0 Å². The minimum absolute atomic E-state index is 0.0616. The number of halogens is 4. The van der Waals surface area contributed by atoms with Crippen LogP contribution in [0.1, 0.15) is 5.56 Å². The number of aliphatic hydroxyl groups is 1. The Morgan fingerprint density at radius 3 is 2.54 bits per heavy atom. The molecule has 0 aliphatic carbocycles. The molecular formula is C8H6BrClF2O. The van der Waals surface area contributed by atoms with E-state index >= 15 is 0 Å². The lowest BCUT2D eigenvalue weighted by molar-refractivity contribution is -0.0555. The molecule has 13 heavy (non-hydrogen) atoms. The summed E-state index contributed by atoms with van der Waals surface area (Å²) in [5.41, 5.74) is -0.361. The highest BCUT2D eigenvalue weighted by atomic mass is 79.9. The zero-order chi connectivity index (χ0) is 10.1. The maximum absolute atomic E-state index is 12.9. The van der Waals surface area contributed by atoms with Crippen LogP contribution in [0.5, 0.6) is 0 Å². The van der Waals surface area contributed by atoms with Gasteiger partial charge in [0.2, 0.25) is 0 Å². The van der Waals surface area contributed by atoms with E-state index < -0.39 is 12.5 Å². The number of aliphatic hydroxyl groups excluding tert-OH is 1. The van der Waals surface area contributed by atoms with Gasteiger partial charge in [0.15, 0.2) is 0 Å². The van der Waals surface area contributed by atoms with Gasteiger partial charge >= 0.3 is 0 Å². The first-order valence-corrected chi connectivity index (χ1v) is 4.58. The van der Waals surface area contributed by atoms with Crippen molar-refractivity contribution in [3.8, 4) is 0 Å². The van der Waals surface area contributed by atoms with Gasteiger partial charge in [-0.05, 0) is 12.1 Å². The van der Waals surface area contributed by atoms with Crippen LogP contribution < -0.4 is 0 Å². The second-order valence-electron chi connectivity index (χ2n) is 2.49. The highest BCUT2D eigenvalue weighted by Crippen LogP contribution is 2.34. The molecule has 0 heterocycles. The first kappa shape index (κ1) is 10.9. The smallest absolute Gasteiger partial charge is 0.297 e. The molecule has 1 rings (SSSR count). The van der Waals surface area contributed by atoms with E-state index in [0.717, 1.165) is 0 Å². The van der Waals surface area contributed by atoms with Crippen LogP contribution in [-0.2, 0) is 5.92 Å². The van der Waals surface area contributed by atoms with Crippen molar-refractivity contribution in [1.82, 2.24) is 0 Å². The summed E-state index contributed by atoms with van der Waals surface area (Å²) in [7, 11) is 0.